The van der Waals surface area contributed by atoms with Crippen molar-refractivity contribution in [3.63, 3.8) is 0 Å². The van der Waals surface area contributed by atoms with Crippen molar-refractivity contribution in [2.75, 3.05) is 5.32 Å². The average molecular weight is 398 g/mol. The molecular formula is C20H18N2O5S. The Kier molecular flexibility index (Phi) is 5.43. The standard InChI is InChI=1S/C20H18N2O5S/c1-13(19(23)22-15-8-5-9-16(12-15)28(21,25)26)27-20(24)18-11-4-7-14-6-2-3-10-17(14)18/h2-13H,1H3,(H,22,23)(H2,21,25,26). The lowest BCUT2D eigenvalue weighted by Gasteiger charge is -2.14. The van der Waals surface area contributed by atoms with Crippen molar-refractivity contribution in [2.24, 2.45) is 5.14 Å². The molecule has 0 fully saturated rings. The van der Waals surface area contributed by atoms with Crippen molar-refractivity contribution < 1.29 is 22.7 Å². The van der Waals surface area contributed by atoms with E-state index in [0.717, 1.165) is 10.8 Å². The van der Waals surface area contributed by atoms with Gasteiger partial charge in [-0.3, -0.25) is 4.79 Å². The number of carbonyl (C=O) groups excluding carboxylic acids is 2. The first-order chi connectivity index (χ1) is 13.3. The van der Waals surface area contributed by atoms with Gasteiger partial charge in [0.25, 0.3) is 5.91 Å². The first-order valence-electron chi connectivity index (χ1n) is 8.38. The Bertz CT molecular complexity index is 1150. The predicted molar refractivity (Wildman–Crippen MR) is 105 cm³/mol. The minimum atomic E-state index is -3.89. The summed E-state index contributed by atoms with van der Waals surface area (Å²) in [7, 11) is -3.89. The number of amides is 1. The molecule has 0 radical (unpaired) electrons. The molecule has 1 unspecified atom stereocenters. The summed E-state index contributed by atoms with van der Waals surface area (Å²) in [5.41, 5.74) is 0.582. The molecule has 0 aliphatic heterocycles. The van der Waals surface area contributed by atoms with Gasteiger partial charge in [-0.2, -0.15) is 0 Å². The lowest BCUT2D eigenvalue weighted by molar-refractivity contribution is -0.123. The minimum absolute atomic E-state index is 0.134. The average Bonchev–Trinajstić information content (AvgIpc) is 2.67. The van der Waals surface area contributed by atoms with E-state index in [0.29, 0.717) is 5.56 Å². The maximum Gasteiger partial charge on any atom is 0.339 e. The van der Waals surface area contributed by atoms with Crippen molar-refractivity contribution in [3.8, 4) is 0 Å². The third-order valence-electron chi connectivity index (χ3n) is 4.09. The molecule has 1 atom stereocenters. The van der Waals surface area contributed by atoms with Crippen LogP contribution in [0.2, 0.25) is 0 Å². The highest BCUT2D eigenvalue weighted by molar-refractivity contribution is 7.89. The molecule has 0 spiro atoms. The number of carbonyl (C=O) groups is 2. The smallest absolute Gasteiger partial charge is 0.339 e. The van der Waals surface area contributed by atoms with Crippen LogP contribution in [0.1, 0.15) is 17.3 Å². The molecule has 3 aromatic carbocycles. The number of ether oxygens (including phenoxy) is 1. The van der Waals surface area contributed by atoms with E-state index in [2.05, 4.69) is 5.32 Å². The van der Waals surface area contributed by atoms with Gasteiger partial charge in [-0.05, 0) is 42.0 Å². The summed E-state index contributed by atoms with van der Waals surface area (Å²) < 4.78 is 28.1. The van der Waals surface area contributed by atoms with Gasteiger partial charge >= 0.3 is 5.97 Å². The van der Waals surface area contributed by atoms with Crippen molar-refractivity contribution in [2.45, 2.75) is 17.9 Å². The molecule has 28 heavy (non-hydrogen) atoms. The lowest BCUT2D eigenvalue weighted by Crippen LogP contribution is -2.30. The maximum atomic E-state index is 12.5. The Morgan fingerprint density at radius 3 is 2.43 bits per heavy atom. The molecule has 0 saturated heterocycles. The van der Waals surface area contributed by atoms with Gasteiger partial charge in [-0.25, -0.2) is 18.4 Å². The zero-order chi connectivity index (χ0) is 20.3. The molecular weight excluding hydrogens is 380 g/mol. The Morgan fingerprint density at radius 2 is 1.68 bits per heavy atom. The van der Waals surface area contributed by atoms with Crippen LogP contribution in [-0.2, 0) is 19.6 Å². The zero-order valence-corrected chi connectivity index (χ0v) is 15.8. The summed E-state index contributed by atoms with van der Waals surface area (Å²) in [5.74, 6) is -1.22. The Morgan fingerprint density at radius 1 is 1.00 bits per heavy atom. The normalized spacial score (nSPS) is 12.4. The highest BCUT2D eigenvalue weighted by Gasteiger charge is 2.21. The SMILES string of the molecule is CC(OC(=O)c1cccc2ccccc12)C(=O)Nc1cccc(S(N)(=O)=O)c1. The van der Waals surface area contributed by atoms with Crippen LogP contribution in [0.25, 0.3) is 10.8 Å². The van der Waals surface area contributed by atoms with Crippen LogP contribution < -0.4 is 10.5 Å². The van der Waals surface area contributed by atoms with E-state index in [1.807, 2.05) is 24.3 Å². The van der Waals surface area contributed by atoms with Crippen molar-refractivity contribution in [1.29, 1.82) is 0 Å². The molecule has 3 aromatic rings. The highest BCUT2D eigenvalue weighted by Crippen LogP contribution is 2.20. The molecule has 0 saturated carbocycles. The molecule has 0 heterocycles. The van der Waals surface area contributed by atoms with Gasteiger partial charge in [-0.1, -0.05) is 42.5 Å². The van der Waals surface area contributed by atoms with Crippen LogP contribution in [0.3, 0.4) is 0 Å². The number of esters is 1. The second-order valence-electron chi connectivity index (χ2n) is 6.14. The highest BCUT2D eigenvalue weighted by atomic mass is 32.2. The van der Waals surface area contributed by atoms with Gasteiger partial charge in [0, 0.05) is 5.69 Å². The van der Waals surface area contributed by atoms with Crippen molar-refractivity contribution >= 4 is 38.4 Å². The molecule has 0 aliphatic carbocycles. The third-order valence-corrected chi connectivity index (χ3v) is 5.00. The van der Waals surface area contributed by atoms with Crippen molar-refractivity contribution in [1.82, 2.24) is 0 Å². The molecule has 1 amide bonds. The molecule has 3 N–H and O–H groups in total. The number of benzene rings is 3. The molecule has 8 heteroatoms. The molecule has 0 bridgehead atoms. The maximum absolute atomic E-state index is 12.5. The van der Waals surface area contributed by atoms with Gasteiger partial charge < -0.3 is 10.1 Å². The Hall–Kier alpha value is -3.23. The van der Waals surface area contributed by atoms with Crippen LogP contribution in [0.15, 0.2) is 71.6 Å². The number of anilines is 1. The van der Waals surface area contributed by atoms with Gasteiger partial charge in [0.2, 0.25) is 10.0 Å². The van der Waals surface area contributed by atoms with Crippen LogP contribution >= 0.6 is 0 Å². The fourth-order valence-corrected chi connectivity index (χ4v) is 3.24. The first kappa shape index (κ1) is 19.5. The number of fused-ring (bicyclic) bond motifs is 1. The number of primary sulfonamides is 1. The summed E-state index contributed by atoms with van der Waals surface area (Å²) >= 11 is 0. The molecule has 144 valence electrons. The van der Waals surface area contributed by atoms with Crippen LogP contribution in [0.4, 0.5) is 5.69 Å². The second-order valence-corrected chi connectivity index (χ2v) is 7.70. The molecule has 0 aliphatic rings. The van der Waals surface area contributed by atoms with E-state index < -0.39 is 28.0 Å². The van der Waals surface area contributed by atoms with Crippen LogP contribution in [-0.4, -0.2) is 26.4 Å². The zero-order valence-electron chi connectivity index (χ0n) is 15.0. The number of nitrogens with one attached hydrogen (secondary N) is 1. The summed E-state index contributed by atoms with van der Waals surface area (Å²) in [6.45, 7) is 1.43. The number of hydrogen-bond acceptors (Lipinski definition) is 5. The van der Waals surface area contributed by atoms with Gasteiger partial charge in [-0.15, -0.1) is 0 Å². The third kappa shape index (κ3) is 4.36. The second kappa shape index (κ2) is 7.79. The van der Waals surface area contributed by atoms with E-state index in [1.54, 1.807) is 18.2 Å². The summed E-state index contributed by atoms with van der Waals surface area (Å²) in [6, 6.07) is 18.1. The van der Waals surface area contributed by atoms with Gasteiger partial charge in [0.15, 0.2) is 6.10 Å². The Labute approximate surface area is 162 Å². The quantitative estimate of drug-likeness (QED) is 0.641. The Balaban J connectivity index is 1.73. The van der Waals surface area contributed by atoms with Crippen LogP contribution in [0, 0.1) is 0 Å². The summed E-state index contributed by atoms with van der Waals surface area (Å²) in [6.07, 6.45) is -1.09. The van der Waals surface area contributed by atoms with E-state index in [9.17, 15) is 18.0 Å². The van der Waals surface area contributed by atoms with Gasteiger partial charge in [0.05, 0.1) is 10.5 Å². The predicted octanol–water partition coefficient (Wildman–Crippen LogP) is 2.67. The largest absolute Gasteiger partial charge is 0.449 e. The van der Waals surface area contributed by atoms with E-state index in [4.69, 9.17) is 9.88 Å². The fourth-order valence-electron chi connectivity index (χ4n) is 2.68. The molecule has 3 rings (SSSR count). The monoisotopic (exact) mass is 398 g/mol. The summed E-state index contributed by atoms with van der Waals surface area (Å²) in [4.78, 5) is 24.7. The van der Waals surface area contributed by atoms with E-state index >= 15 is 0 Å². The lowest BCUT2D eigenvalue weighted by atomic mass is 10.0. The van der Waals surface area contributed by atoms with Gasteiger partial charge in [0.1, 0.15) is 0 Å². The number of rotatable bonds is 5. The molecule has 0 aromatic heterocycles. The fraction of sp³-hybridized carbons (Fsp3) is 0.100. The summed E-state index contributed by atoms with van der Waals surface area (Å²) in [5, 5.41) is 9.20. The van der Waals surface area contributed by atoms with E-state index in [1.165, 1.54) is 31.2 Å². The number of nitrogens with two attached hydrogens (primary N) is 1. The van der Waals surface area contributed by atoms with Crippen molar-refractivity contribution in [3.05, 3.63) is 72.3 Å². The minimum Gasteiger partial charge on any atom is -0.449 e. The topological polar surface area (TPSA) is 116 Å². The molecule has 7 nitrogen and oxygen atoms in total. The van der Waals surface area contributed by atoms with E-state index in [-0.39, 0.29) is 10.6 Å². The number of sulfonamides is 1. The number of hydrogen-bond donors (Lipinski definition) is 2. The van der Waals surface area contributed by atoms with Crippen LogP contribution in [0.5, 0.6) is 0 Å². The first-order valence-corrected chi connectivity index (χ1v) is 9.93.